The average molecular weight is 462 g/mol. The summed E-state index contributed by atoms with van der Waals surface area (Å²) in [6, 6.07) is 5.65. The summed E-state index contributed by atoms with van der Waals surface area (Å²) in [4.78, 5) is 23.6. The van der Waals surface area contributed by atoms with E-state index in [9.17, 15) is 24.2 Å². The molecule has 33 heavy (non-hydrogen) atoms. The highest BCUT2D eigenvalue weighted by Gasteiger charge is 2.25. The molecule has 1 amide bonds. The van der Waals surface area contributed by atoms with Crippen LogP contribution in [0.15, 0.2) is 30.3 Å². The number of aliphatic hydroxyl groups excluding tert-OH is 2. The zero-order valence-corrected chi connectivity index (χ0v) is 19.2. The van der Waals surface area contributed by atoms with Gasteiger partial charge in [0.2, 0.25) is 0 Å². The minimum atomic E-state index is -1.20. The highest BCUT2D eigenvalue weighted by Crippen LogP contribution is 2.28. The largest absolute Gasteiger partial charge is 0.481 e. The molecule has 9 heteroatoms. The number of nitrogens with zero attached hydrogens (tertiary/aromatic N) is 2. The van der Waals surface area contributed by atoms with E-state index in [-0.39, 0.29) is 23.9 Å². The van der Waals surface area contributed by atoms with Crippen molar-refractivity contribution in [3.05, 3.63) is 53.1 Å². The molecule has 1 aromatic heterocycles. The normalized spacial score (nSPS) is 13.4. The summed E-state index contributed by atoms with van der Waals surface area (Å²) in [5.74, 6) is -1.98. The Kier molecular flexibility index (Phi) is 9.74. The highest BCUT2D eigenvalue weighted by molar-refractivity contribution is 5.95. The predicted octanol–water partition coefficient (Wildman–Crippen LogP) is 3.26. The number of carbonyl (C=O) groups excluding carboxylic acids is 1. The van der Waals surface area contributed by atoms with Crippen molar-refractivity contribution in [3.8, 4) is 5.69 Å². The Labute approximate surface area is 192 Å². The number of nitrogens with one attached hydrogen (secondary N) is 1. The monoisotopic (exact) mass is 461 g/mol. The number of halogens is 1. The number of aliphatic hydroxyl groups is 2. The van der Waals surface area contributed by atoms with Crippen molar-refractivity contribution in [2.75, 3.05) is 6.54 Å². The maximum absolute atomic E-state index is 13.5. The molecule has 0 spiro atoms. The molecule has 2 aromatic rings. The predicted molar refractivity (Wildman–Crippen MR) is 123 cm³/mol. The summed E-state index contributed by atoms with van der Waals surface area (Å²) >= 11 is 0. The van der Waals surface area contributed by atoms with Crippen molar-refractivity contribution in [3.63, 3.8) is 0 Å². The van der Waals surface area contributed by atoms with Crippen LogP contribution in [0.1, 0.15) is 74.1 Å². The van der Waals surface area contributed by atoms with Crippen molar-refractivity contribution >= 4 is 18.0 Å². The van der Waals surface area contributed by atoms with Gasteiger partial charge < -0.3 is 20.6 Å². The highest BCUT2D eigenvalue weighted by atomic mass is 19.1. The first-order valence-corrected chi connectivity index (χ1v) is 11.1. The SMILES string of the molecule is CCCCNC(=O)c1nn(-c2ccc(F)cc2)c(/C=C/[C@@H](O)C[C@@H](O)CC(=O)O)c1C(C)C. The lowest BCUT2D eigenvalue weighted by Crippen LogP contribution is -2.26. The van der Waals surface area contributed by atoms with E-state index < -0.39 is 30.4 Å². The molecule has 180 valence electrons. The molecule has 0 aliphatic rings. The van der Waals surface area contributed by atoms with Crippen LogP contribution in [-0.4, -0.2) is 55.7 Å². The van der Waals surface area contributed by atoms with Gasteiger partial charge in [-0.1, -0.05) is 33.3 Å². The van der Waals surface area contributed by atoms with Gasteiger partial charge in [0.25, 0.3) is 5.91 Å². The van der Waals surface area contributed by atoms with Crippen LogP contribution in [0.5, 0.6) is 0 Å². The summed E-state index contributed by atoms with van der Waals surface area (Å²) < 4.78 is 15.0. The fourth-order valence-electron chi connectivity index (χ4n) is 3.43. The third kappa shape index (κ3) is 7.50. The maximum Gasteiger partial charge on any atom is 0.305 e. The summed E-state index contributed by atoms with van der Waals surface area (Å²) in [5, 5.41) is 36.2. The quantitative estimate of drug-likeness (QED) is 0.360. The van der Waals surface area contributed by atoms with Gasteiger partial charge in [-0.25, -0.2) is 9.07 Å². The number of hydrogen-bond donors (Lipinski definition) is 4. The smallest absolute Gasteiger partial charge is 0.305 e. The molecular weight excluding hydrogens is 429 g/mol. The molecule has 0 saturated carbocycles. The number of amides is 1. The lowest BCUT2D eigenvalue weighted by atomic mass is 9.98. The van der Waals surface area contributed by atoms with Gasteiger partial charge in [0, 0.05) is 18.5 Å². The number of hydrogen-bond acceptors (Lipinski definition) is 5. The second-order valence-electron chi connectivity index (χ2n) is 8.21. The van der Waals surface area contributed by atoms with Gasteiger partial charge in [-0.2, -0.15) is 5.10 Å². The number of unbranched alkanes of at least 4 members (excludes halogenated alkanes) is 1. The van der Waals surface area contributed by atoms with Crippen LogP contribution in [0.4, 0.5) is 4.39 Å². The standard InChI is InChI=1S/C24H32FN3O5/c1-4-5-12-26-24(33)23-22(15(2)3)20(11-10-18(29)13-19(30)14-21(31)32)28(27-23)17-8-6-16(25)7-9-17/h6-11,15,18-19,29-30H,4-5,12-14H2,1-3H3,(H,26,33)(H,31,32)/b11-10+/t18-,19-/m1/s1. The fraction of sp³-hybridized carbons (Fsp3) is 0.458. The van der Waals surface area contributed by atoms with E-state index >= 15 is 0 Å². The van der Waals surface area contributed by atoms with Crippen LogP contribution < -0.4 is 5.32 Å². The number of carboxylic acids is 1. The summed E-state index contributed by atoms with van der Waals surface area (Å²) in [6.45, 7) is 6.37. The van der Waals surface area contributed by atoms with Crippen LogP contribution >= 0.6 is 0 Å². The van der Waals surface area contributed by atoms with Crippen molar-refractivity contribution in [1.82, 2.24) is 15.1 Å². The molecule has 0 aliphatic heterocycles. The molecule has 0 unspecified atom stereocenters. The van der Waals surface area contributed by atoms with Gasteiger partial charge in [0.1, 0.15) is 5.82 Å². The van der Waals surface area contributed by atoms with Gasteiger partial charge in [-0.05, 0) is 42.7 Å². The number of carbonyl (C=O) groups is 2. The summed E-state index contributed by atoms with van der Waals surface area (Å²) in [7, 11) is 0. The zero-order chi connectivity index (χ0) is 24.5. The number of rotatable bonds is 12. The Morgan fingerprint density at radius 3 is 2.45 bits per heavy atom. The topological polar surface area (TPSA) is 125 Å². The molecule has 0 fully saturated rings. The molecule has 1 heterocycles. The Morgan fingerprint density at radius 2 is 1.88 bits per heavy atom. The van der Waals surface area contributed by atoms with E-state index in [1.807, 2.05) is 20.8 Å². The average Bonchev–Trinajstić information content (AvgIpc) is 3.12. The molecule has 0 radical (unpaired) electrons. The Bertz CT molecular complexity index is 969. The van der Waals surface area contributed by atoms with E-state index in [2.05, 4.69) is 10.4 Å². The molecule has 0 saturated heterocycles. The van der Waals surface area contributed by atoms with Crippen LogP contribution in [-0.2, 0) is 4.79 Å². The minimum Gasteiger partial charge on any atom is -0.481 e. The van der Waals surface area contributed by atoms with E-state index in [0.29, 0.717) is 23.5 Å². The minimum absolute atomic E-state index is 0.0967. The molecule has 1 aromatic carbocycles. The molecule has 2 atom stereocenters. The Balaban J connectivity index is 2.47. The second kappa shape index (κ2) is 12.3. The van der Waals surface area contributed by atoms with Gasteiger partial charge >= 0.3 is 5.97 Å². The molecule has 4 N–H and O–H groups in total. The van der Waals surface area contributed by atoms with E-state index in [1.165, 1.54) is 35.0 Å². The zero-order valence-electron chi connectivity index (χ0n) is 19.2. The van der Waals surface area contributed by atoms with Gasteiger partial charge in [-0.3, -0.25) is 9.59 Å². The first-order valence-electron chi connectivity index (χ1n) is 11.1. The molecule has 0 bridgehead atoms. The summed E-state index contributed by atoms with van der Waals surface area (Å²) in [5.41, 5.74) is 1.96. The van der Waals surface area contributed by atoms with E-state index in [1.54, 1.807) is 6.08 Å². The van der Waals surface area contributed by atoms with Crippen molar-refractivity contribution in [2.45, 2.75) is 64.6 Å². The Morgan fingerprint density at radius 1 is 1.21 bits per heavy atom. The third-order valence-corrected chi connectivity index (χ3v) is 5.04. The second-order valence-corrected chi connectivity index (χ2v) is 8.21. The van der Waals surface area contributed by atoms with Gasteiger partial charge in [0.15, 0.2) is 5.69 Å². The Hall–Kier alpha value is -3.04. The lowest BCUT2D eigenvalue weighted by molar-refractivity contribution is -0.139. The van der Waals surface area contributed by atoms with Gasteiger partial charge in [-0.15, -0.1) is 0 Å². The molecule has 0 aliphatic carbocycles. The van der Waals surface area contributed by atoms with Crippen molar-refractivity contribution in [2.24, 2.45) is 0 Å². The number of aromatic nitrogens is 2. The lowest BCUT2D eigenvalue weighted by Gasteiger charge is -2.12. The molecule has 8 nitrogen and oxygen atoms in total. The van der Waals surface area contributed by atoms with Crippen LogP contribution in [0.3, 0.4) is 0 Å². The van der Waals surface area contributed by atoms with Crippen LogP contribution in [0, 0.1) is 5.82 Å². The number of carboxylic acid groups (broad SMARTS) is 1. The van der Waals surface area contributed by atoms with Crippen LogP contribution in [0.2, 0.25) is 0 Å². The van der Waals surface area contributed by atoms with Crippen molar-refractivity contribution < 1.29 is 29.3 Å². The van der Waals surface area contributed by atoms with E-state index in [4.69, 9.17) is 5.11 Å². The third-order valence-electron chi connectivity index (χ3n) is 5.04. The molecular formula is C24H32FN3O5. The maximum atomic E-state index is 13.5. The number of benzene rings is 1. The summed E-state index contributed by atoms with van der Waals surface area (Å²) in [6.07, 6.45) is 1.83. The fourth-order valence-corrected chi connectivity index (χ4v) is 3.43. The first kappa shape index (κ1) is 26.2. The molecule has 2 rings (SSSR count). The number of aliphatic carboxylic acids is 1. The van der Waals surface area contributed by atoms with E-state index in [0.717, 1.165) is 12.8 Å². The van der Waals surface area contributed by atoms with Crippen LogP contribution in [0.25, 0.3) is 11.8 Å². The van der Waals surface area contributed by atoms with Gasteiger partial charge in [0.05, 0.1) is 30.0 Å². The first-order chi connectivity index (χ1) is 15.6. The van der Waals surface area contributed by atoms with Crippen molar-refractivity contribution in [1.29, 1.82) is 0 Å².